The summed E-state index contributed by atoms with van der Waals surface area (Å²) in [6, 6.07) is 15.3. The summed E-state index contributed by atoms with van der Waals surface area (Å²) in [5.41, 5.74) is 4.51. The standard InChI is InChI=1S/C23H26F2N4O2/c1-15-21(16(2)29(27-15)19-8-6-5-7-9-19)14-28(4)17(3)22(30)26-18-10-12-20(13-11-18)31-23(24)25/h5-13,17,23H,14H2,1-4H3,(H,26,30). The van der Waals surface area contributed by atoms with Gasteiger partial charge in [-0.05, 0) is 64.2 Å². The van der Waals surface area contributed by atoms with Gasteiger partial charge in [0.15, 0.2) is 0 Å². The monoisotopic (exact) mass is 428 g/mol. The van der Waals surface area contributed by atoms with Crippen molar-refractivity contribution >= 4 is 11.6 Å². The maximum atomic E-state index is 12.7. The lowest BCUT2D eigenvalue weighted by atomic mass is 10.1. The van der Waals surface area contributed by atoms with E-state index in [0.717, 1.165) is 22.6 Å². The Morgan fingerprint density at radius 3 is 2.39 bits per heavy atom. The zero-order chi connectivity index (χ0) is 22.5. The second kappa shape index (κ2) is 9.70. The normalized spacial score (nSPS) is 12.3. The van der Waals surface area contributed by atoms with Crippen LogP contribution in [0.2, 0.25) is 0 Å². The van der Waals surface area contributed by atoms with Crippen molar-refractivity contribution in [2.75, 3.05) is 12.4 Å². The number of likely N-dealkylation sites (N-methyl/N-ethyl adjacent to an activating group) is 1. The predicted molar refractivity (Wildman–Crippen MR) is 116 cm³/mol. The Bertz CT molecular complexity index is 1020. The highest BCUT2D eigenvalue weighted by atomic mass is 19.3. The molecule has 0 aliphatic carbocycles. The van der Waals surface area contributed by atoms with Crippen LogP contribution in [0.3, 0.4) is 0 Å². The molecule has 8 heteroatoms. The van der Waals surface area contributed by atoms with Gasteiger partial charge in [0.25, 0.3) is 0 Å². The van der Waals surface area contributed by atoms with Crippen LogP contribution < -0.4 is 10.1 Å². The first-order valence-electron chi connectivity index (χ1n) is 9.92. The van der Waals surface area contributed by atoms with E-state index in [1.54, 1.807) is 0 Å². The zero-order valence-corrected chi connectivity index (χ0v) is 18.0. The van der Waals surface area contributed by atoms with Gasteiger partial charge in [-0.3, -0.25) is 9.69 Å². The van der Waals surface area contributed by atoms with Crippen LogP contribution in [0.15, 0.2) is 54.6 Å². The SMILES string of the molecule is Cc1nn(-c2ccccc2)c(C)c1CN(C)C(C)C(=O)Nc1ccc(OC(F)F)cc1. The minimum atomic E-state index is -2.88. The molecule has 0 saturated heterocycles. The summed E-state index contributed by atoms with van der Waals surface area (Å²) in [5.74, 6) is -0.157. The number of carbonyl (C=O) groups excluding carboxylic acids is 1. The van der Waals surface area contributed by atoms with Crippen molar-refractivity contribution in [1.82, 2.24) is 14.7 Å². The third-order valence-electron chi connectivity index (χ3n) is 5.24. The van der Waals surface area contributed by atoms with Gasteiger partial charge in [-0.25, -0.2) is 4.68 Å². The van der Waals surface area contributed by atoms with Gasteiger partial charge in [-0.2, -0.15) is 13.9 Å². The van der Waals surface area contributed by atoms with E-state index in [2.05, 4.69) is 15.2 Å². The number of anilines is 1. The van der Waals surface area contributed by atoms with Gasteiger partial charge in [0.1, 0.15) is 5.75 Å². The van der Waals surface area contributed by atoms with E-state index in [0.29, 0.717) is 12.2 Å². The maximum absolute atomic E-state index is 12.7. The van der Waals surface area contributed by atoms with Crippen molar-refractivity contribution in [2.24, 2.45) is 0 Å². The number of rotatable bonds is 8. The Kier molecular flexibility index (Phi) is 7.02. The van der Waals surface area contributed by atoms with Gasteiger partial charge in [0, 0.05) is 23.5 Å². The largest absolute Gasteiger partial charge is 0.435 e. The van der Waals surface area contributed by atoms with Crippen LogP contribution in [-0.2, 0) is 11.3 Å². The van der Waals surface area contributed by atoms with E-state index >= 15 is 0 Å². The third-order valence-corrected chi connectivity index (χ3v) is 5.24. The lowest BCUT2D eigenvalue weighted by molar-refractivity contribution is -0.120. The van der Waals surface area contributed by atoms with Crippen molar-refractivity contribution in [3.05, 3.63) is 71.5 Å². The fourth-order valence-corrected chi connectivity index (χ4v) is 3.28. The van der Waals surface area contributed by atoms with E-state index in [4.69, 9.17) is 0 Å². The number of hydrogen-bond acceptors (Lipinski definition) is 4. The van der Waals surface area contributed by atoms with Gasteiger partial charge >= 0.3 is 6.61 Å². The highest BCUT2D eigenvalue weighted by Gasteiger charge is 2.22. The molecule has 3 rings (SSSR count). The van der Waals surface area contributed by atoms with Crippen molar-refractivity contribution in [1.29, 1.82) is 0 Å². The van der Waals surface area contributed by atoms with Crippen molar-refractivity contribution in [3.63, 3.8) is 0 Å². The third kappa shape index (κ3) is 5.46. The Morgan fingerprint density at radius 1 is 1.13 bits per heavy atom. The first-order chi connectivity index (χ1) is 14.8. The number of alkyl halides is 2. The molecular formula is C23H26F2N4O2. The van der Waals surface area contributed by atoms with E-state index in [1.165, 1.54) is 24.3 Å². The molecule has 1 atom stereocenters. The van der Waals surface area contributed by atoms with Crippen LogP contribution in [0.25, 0.3) is 5.69 Å². The number of amides is 1. The molecular weight excluding hydrogens is 402 g/mol. The summed E-state index contributed by atoms with van der Waals surface area (Å²) < 4.78 is 30.7. The molecule has 1 aromatic heterocycles. The Morgan fingerprint density at radius 2 is 1.77 bits per heavy atom. The average Bonchev–Trinajstić information content (AvgIpc) is 3.03. The molecule has 0 aliphatic heterocycles. The molecule has 0 radical (unpaired) electrons. The number of nitrogens with one attached hydrogen (secondary N) is 1. The molecule has 1 unspecified atom stereocenters. The number of para-hydroxylation sites is 1. The maximum Gasteiger partial charge on any atom is 0.387 e. The minimum Gasteiger partial charge on any atom is -0.435 e. The fourth-order valence-electron chi connectivity index (χ4n) is 3.28. The van der Waals surface area contributed by atoms with Crippen molar-refractivity contribution in [3.8, 4) is 11.4 Å². The molecule has 1 amide bonds. The Labute approximate surface area is 180 Å². The summed E-state index contributed by atoms with van der Waals surface area (Å²) >= 11 is 0. The van der Waals surface area contributed by atoms with E-state index in [-0.39, 0.29) is 11.7 Å². The number of benzene rings is 2. The number of halogens is 2. The minimum absolute atomic E-state index is 0.0412. The summed E-state index contributed by atoms with van der Waals surface area (Å²) in [4.78, 5) is 14.6. The molecule has 0 spiro atoms. The van der Waals surface area contributed by atoms with Crippen molar-refractivity contribution < 1.29 is 18.3 Å². The molecule has 1 N–H and O–H groups in total. The summed E-state index contributed by atoms with van der Waals surface area (Å²) in [7, 11) is 1.88. The van der Waals surface area contributed by atoms with E-state index in [1.807, 2.05) is 67.7 Å². The van der Waals surface area contributed by atoms with Crippen molar-refractivity contribution in [2.45, 2.75) is 40.0 Å². The average molecular weight is 428 g/mol. The first kappa shape index (κ1) is 22.4. The fraction of sp³-hybridized carbons (Fsp3) is 0.304. The van der Waals surface area contributed by atoms with Crippen LogP contribution in [0.4, 0.5) is 14.5 Å². The number of ether oxygens (including phenoxy) is 1. The van der Waals surface area contributed by atoms with Crippen LogP contribution in [0.1, 0.15) is 23.9 Å². The molecule has 1 heterocycles. The van der Waals surface area contributed by atoms with E-state index < -0.39 is 12.7 Å². The lowest BCUT2D eigenvalue weighted by Gasteiger charge is -2.24. The molecule has 31 heavy (non-hydrogen) atoms. The van der Waals surface area contributed by atoms with Gasteiger partial charge in [0.2, 0.25) is 5.91 Å². The van der Waals surface area contributed by atoms with E-state index in [9.17, 15) is 13.6 Å². The molecule has 6 nitrogen and oxygen atoms in total. The predicted octanol–water partition coefficient (Wildman–Crippen LogP) is 4.55. The smallest absolute Gasteiger partial charge is 0.387 e. The second-order valence-corrected chi connectivity index (χ2v) is 7.38. The molecule has 0 fully saturated rings. The topological polar surface area (TPSA) is 59.4 Å². The zero-order valence-electron chi connectivity index (χ0n) is 18.0. The lowest BCUT2D eigenvalue weighted by Crippen LogP contribution is -2.39. The molecule has 164 valence electrons. The molecule has 3 aromatic rings. The van der Waals surface area contributed by atoms with Crippen LogP contribution in [-0.4, -0.2) is 40.3 Å². The Hall–Kier alpha value is -3.26. The van der Waals surface area contributed by atoms with Gasteiger partial charge in [0.05, 0.1) is 17.4 Å². The number of carbonyl (C=O) groups is 1. The summed E-state index contributed by atoms with van der Waals surface area (Å²) in [6.45, 7) is 3.47. The second-order valence-electron chi connectivity index (χ2n) is 7.38. The number of hydrogen-bond donors (Lipinski definition) is 1. The number of nitrogens with zero attached hydrogens (tertiary/aromatic N) is 3. The molecule has 2 aromatic carbocycles. The molecule has 0 aliphatic rings. The highest BCUT2D eigenvalue weighted by molar-refractivity contribution is 5.94. The quantitative estimate of drug-likeness (QED) is 0.572. The molecule has 0 bridgehead atoms. The summed E-state index contributed by atoms with van der Waals surface area (Å²) in [6.07, 6.45) is 0. The van der Waals surface area contributed by atoms with Gasteiger partial charge < -0.3 is 10.1 Å². The van der Waals surface area contributed by atoms with Gasteiger partial charge in [-0.1, -0.05) is 18.2 Å². The first-order valence-corrected chi connectivity index (χ1v) is 9.92. The Balaban J connectivity index is 1.66. The highest BCUT2D eigenvalue weighted by Crippen LogP contribution is 2.21. The van der Waals surface area contributed by atoms with Crippen LogP contribution >= 0.6 is 0 Å². The number of aromatic nitrogens is 2. The van der Waals surface area contributed by atoms with Crippen LogP contribution in [0.5, 0.6) is 5.75 Å². The number of aryl methyl sites for hydroxylation is 1. The van der Waals surface area contributed by atoms with Gasteiger partial charge in [-0.15, -0.1) is 0 Å². The molecule has 0 saturated carbocycles. The van der Waals surface area contributed by atoms with Crippen LogP contribution in [0, 0.1) is 13.8 Å². The summed E-state index contributed by atoms with van der Waals surface area (Å²) in [5, 5.41) is 7.46.